The van der Waals surface area contributed by atoms with Crippen molar-refractivity contribution in [2.75, 3.05) is 4.72 Å². The predicted molar refractivity (Wildman–Crippen MR) is 81.1 cm³/mol. The quantitative estimate of drug-likeness (QED) is 0.868. The summed E-state index contributed by atoms with van der Waals surface area (Å²) in [4.78, 5) is -0.190. The fraction of sp³-hybridized carbons (Fsp3) is 0.250. The number of hydrogen-bond donors (Lipinski definition) is 2. The number of aryl methyl sites for hydroxylation is 1. The van der Waals surface area contributed by atoms with Gasteiger partial charge in [-0.2, -0.15) is 5.10 Å². The van der Waals surface area contributed by atoms with Crippen LogP contribution in [0.4, 0.5) is 5.69 Å². The number of hydrogen-bond acceptors (Lipinski definition) is 4. The van der Waals surface area contributed by atoms with Gasteiger partial charge in [0.05, 0.1) is 23.5 Å². The summed E-state index contributed by atoms with van der Waals surface area (Å²) in [7, 11) is -3.92. The molecule has 0 atom stereocenters. The van der Waals surface area contributed by atoms with E-state index in [0.29, 0.717) is 12.2 Å². The third-order valence-electron chi connectivity index (χ3n) is 2.75. The van der Waals surface area contributed by atoms with Crippen molar-refractivity contribution >= 4 is 38.9 Å². The molecular weight excluding hydrogens is 337 g/mol. The Labute approximate surface area is 132 Å². The van der Waals surface area contributed by atoms with Gasteiger partial charge in [0.2, 0.25) is 0 Å². The van der Waals surface area contributed by atoms with Crippen LogP contribution in [0.3, 0.4) is 0 Å². The van der Waals surface area contributed by atoms with E-state index in [4.69, 9.17) is 23.2 Å². The summed E-state index contributed by atoms with van der Waals surface area (Å²) < 4.78 is 28.7. The molecule has 0 aliphatic carbocycles. The molecule has 9 heteroatoms. The number of anilines is 1. The van der Waals surface area contributed by atoms with Crippen molar-refractivity contribution in [1.82, 2.24) is 9.78 Å². The number of aliphatic hydroxyl groups excluding tert-OH is 1. The first-order chi connectivity index (χ1) is 9.87. The van der Waals surface area contributed by atoms with E-state index in [9.17, 15) is 13.5 Å². The van der Waals surface area contributed by atoms with Crippen molar-refractivity contribution in [3.63, 3.8) is 0 Å². The van der Waals surface area contributed by atoms with Gasteiger partial charge in [0.1, 0.15) is 4.90 Å². The lowest BCUT2D eigenvalue weighted by molar-refractivity contribution is 0.281. The average molecular weight is 350 g/mol. The van der Waals surface area contributed by atoms with Crippen LogP contribution in [-0.2, 0) is 23.2 Å². The number of benzene rings is 1. The van der Waals surface area contributed by atoms with Crippen LogP contribution in [0.25, 0.3) is 0 Å². The lowest BCUT2D eigenvalue weighted by atomic mass is 10.2. The van der Waals surface area contributed by atoms with Crippen LogP contribution < -0.4 is 4.72 Å². The normalized spacial score (nSPS) is 11.6. The Morgan fingerprint density at radius 2 is 2.10 bits per heavy atom. The minimum Gasteiger partial charge on any atom is -0.392 e. The highest BCUT2D eigenvalue weighted by Crippen LogP contribution is 2.30. The number of sulfonamides is 1. The number of aliphatic hydroxyl groups is 1. The maximum absolute atomic E-state index is 12.4. The highest BCUT2D eigenvalue weighted by atomic mass is 35.5. The molecule has 0 spiro atoms. The van der Waals surface area contributed by atoms with Gasteiger partial charge in [0, 0.05) is 17.8 Å². The zero-order chi connectivity index (χ0) is 15.6. The second-order valence-electron chi connectivity index (χ2n) is 4.23. The highest BCUT2D eigenvalue weighted by molar-refractivity contribution is 7.92. The fourth-order valence-electron chi connectivity index (χ4n) is 1.73. The summed E-state index contributed by atoms with van der Waals surface area (Å²) in [6.45, 7) is 2.09. The summed E-state index contributed by atoms with van der Waals surface area (Å²) in [5, 5.41) is 13.3. The van der Waals surface area contributed by atoms with E-state index in [1.807, 2.05) is 6.92 Å². The summed E-state index contributed by atoms with van der Waals surface area (Å²) in [5.74, 6) is 0. The van der Waals surface area contributed by atoms with E-state index >= 15 is 0 Å². The number of nitrogens with one attached hydrogen (secondary N) is 1. The Balaban J connectivity index is 2.42. The number of rotatable bonds is 5. The van der Waals surface area contributed by atoms with Gasteiger partial charge in [-0.25, -0.2) is 8.42 Å². The Kier molecular flexibility index (Phi) is 4.77. The van der Waals surface area contributed by atoms with E-state index in [2.05, 4.69) is 9.82 Å². The second kappa shape index (κ2) is 6.23. The van der Waals surface area contributed by atoms with Crippen LogP contribution in [0.2, 0.25) is 10.0 Å². The van der Waals surface area contributed by atoms with Gasteiger partial charge in [-0.1, -0.05) is 23.2 Å². The molecule has 2 aromatic rings. The maximum Gasteiger partial charge on any atom is 0.263 e. The average Bonchev–Trinajstić information content (AvgIpc) is 2.87. The second-order valence-corrected chi connectivity index (χ2v) is 6.69. The van der Waals surface area contributed by atoms with E-state index < -0.39 is 16.6 Å². The van der Waals surface area contributed by atoms with Gasteiger partial charge in [0.15, 0.2) is 0 Å². The van der Waals surface area contributed by atoms with E-state index in [-0.39, 0.29) is 20.5 Å². The molecular formula is C12H13Cl2N3O3S. The van der Waals surface area contributed by atoms with E-state index in [0.717, 1.165) is 0 Å². The number of aromatic nitrogens is 2. The van der Waals surface area contributed by atoms with Crippen LogP contribution >= 0.6 is 23.2 Å². The molecule has 0 saturated carbocycles. The van der Waals surface area contributed by atoms with Crippen LogP contribution in [0, 0.1) is 0 Å². The van der Waals surface area contributed by atoms with Crippen LogP contribution in [0.5, 0.6) is 0 Å². The molecule has 1 aromatic carbocycles. The summed E-state index contributed by atoms with van der Waals surface area (Å²) in [5.41, 5.74) is 0.562. The molecule has 0 unspecified atom stereocenters. The van der Waals surface area contributed by atoms with Crippen LogP contribution in [0.15, 0.2) is 29.4 Å². The SMILES string of the molecule is CCn1cc(NS(=O)(=O)c2cc(Cl)cc(CO)c2Cl)cn1. The third-order valence-corrected chi connectivity index (χ3v) is 4.93. The summed E-state index contributed by atoms with van der Waals surface area (Å²) in [6, 6.07) is 2.65. The molecule has 0 amide bonds. The molecule has 0 radical (unpaired) electrons. The zero-order valence-corrected chi connectivity index (χ0v) is 13.4. The molecule has 0 aliphatic heterocycles. The predicted octanol–water partition coefficient (Wildman–Crippen LogP) is 2.50. The standard InChI is InChI=1S/C12H13Cl2N3O3S/c1-2-17-6-10(5-15-17)16-21(19,20)11-4-9(13)3-8(7-18)12(11)14/h3-6,16,18H,2,7H2,1H3. The fourth-order valence-corrected chi connectivity index (χ4v) is 3.68. The van der Waals surface area contributed by atoms with E-state index in [1.165, 1.54) is 18.3 Å². The Hall–Kier alpha value is -1.28. The molecule has 1 heterocycles. The van der Waals surface area contributed by atoms with Crippen molar-refractivity contribution < 1.29 is 13.5 Å². The van der Waals surface area contributed by atoms with Gasteiger partial charge >= 0.3 is 0 Å². The molecule has 2 N–H and O–H groups in total. The zero-order valence-electron chi connectivity index (χ0n) is 11.0. The van der Waals surface area contributed by atoms with Gasteiger partial charge in [0.25, 0.3) is 10.0 Å². The topological polar surface area (TPSA) is 84.2 Å². The van der Waals surface area contributed by atoms with Crippen molar-refractivity contribution in [3.8, 4) is 0 Å². The third kappa shape index (κ3) is 3.49. The molecule has 0 fully saturated rings. The first-order valence-corrected chi connectivity index (χ1v) is 8.25. The first kappa shape index (κ1) is 16.1. The minimum atomic E-state index is -3.92. The Morgan fingerprint density at radius 1 is 1.38 bits per heavy atom. The molecule has 0 aliphatic rings. The molecule has 21 heavy (non-hydrogen) atoms. The first-order valence-electron chi connectivity index (χ1n) is 6.01. The van der Waals surface area contributed by atoms with Crippen molar-refractivity contribution in [3.05, 3.63) is 40.1 Å². The van der Waals surface area contributed by atoms with Gasteiger partial charge in [-0.3, -0.25) is 9.40 Å². The van der Waals surface area contributed by atoms with Crippen molar-refractivity contribution in [1.29, 1.82) is 0 Å². The van der Waals surface area contributed by atoms with E-state index in [1.54, 1.807) is 10.9 Å². The number of halogens is 2. The minimum absolute atomic E-state index is 0.0581. The van der Waals surface area contributed by atoms with Gasteiger partial charge in [-0.15, -0.1) is 0 Å². The van der Waals surface area contributed by atoms with Gasteiger partial charge < -0.3 is 5.11 Å². The summed E-state index contributed by atoms with van der Waals surface area (Å²) >= 11 is 11.9. The van der Waals surface area contributed by atoms with Crippen LogP contribution in [0.1, 0.15) is 12.5 Å². The molecule has 0 bridgehead atoms. The Bertz CT molecular complexity index is 759. The smallest absolute Gasteiger partial charge is 0.263 e. The highest BCUT2D eigenvalue weighted by Gasteiger charge is 2.21. The molecule has 2 rings (SSSR count). The molecule has 6 nitrogen and oxygen atoms in total. The van der Waals surface area contributed by atoms with Gasteiger partial charge in [-0.05, 0) is 24.6 Å². The summed E-state index contributed by atoms with van der Waals surface area (Å²) in [6.07, 6.45) is 2.95. The lowest BCUT2D eigenvalue weighted by Gasteiger charge is -2.11. The largest absolute Gasteiger partial charge is 0.392 e. The Morgan fingerprint density at radius 3 is 2.67 bits per heavy atom. The number of nitrogens with zero attached hydrogens (tertiary/aromatic N) is 2. The molecule has 114 valence electrons. The molecule has 0 saturated heterocycles. The monoisotopic (exact) mass is 349 g/mol. The van der Waals surface area contributed by atoms with Crippen molar-refractivity contribution in [2.45, 2.75) is 25.0 Å². The lowest BCUT2D eigenvalue weighted by Crippen LogP contribution is -2.14. The van der Waals surface area contributed by atoms with Crippen molar-refractivity contribution in [2.24, 2.45) is 0 Å². The maximum atomic E-state index is 12.4. The molecule has 1 aromatic heterocycles. The van der Waals surface area contributed by atoms with Crippen LogP contribution in [-0.4, -0.2) is 23.3 Å².